The maximum absolute atomic E-state index is 12.9. The normalized spacial score (nSPS) is 25.4. The topological polar surface area (TPSA) is 118 Å². The van der Waals surface area contributed by atoms with Crippen LogP contribution in [0.4, 0.5) is 0 Å². The highest BCUT2D eigenvalue weighted by Gasteiger charge is 2.56. The van der Waals surface area contributed by atoms with Gasteiger partial charge in [0.25, 0.3) is 5.56 Å². The molecule has 2 aliphatic rings. The number of hydrogen-bond acceptors (Lipinski definition) is 8. The van der Waals surface area contributed by atoms with Crippen LogP contribution in [0.3, 0.4) is 0 Å². The zero-order valence-electron chi connectivity index (χ0n) is 20.4. The predicted molar refractivity (Wildman–Crippen MR) is 129 cm³/mol. The van der Waals surface area contributed by atoms with Crippen molar-refractivity contribution in [3.63, 3.8) is 0 Å². The van der Waals surface area contributed by atoms with Gasteiger partial charge in [-0.25, -0.2) is 4.79 Å². The molecule has 0 unspecified atom stereocenters. The Morgan fingerprint density at radius 1 is 1.08 bits per heavy atom. The van der Waals surface area contributed by atoms with E-state index in [0.29, 0.717) is 0 Å². The minimum absolute atomic E-state index is 0.0802. The maximum Gasteiger partial charge on any atom is 0.330 e. The van der Waals surface area contributed by atoms with Crippen molar-refractivity contribution in [2.45, 2.75) is 57.0 Å². The number of aromatic nitrogens is 2. The molecule has 3 heterocycles. The first-order valence-corrected chi connectivity index (χ1v) is 11.7. The first kappa shape index (κ1) is 24.2. The zero-order valence-corrected chi connectivity index (χ0v) is 20.4. The Morgan fingerprint density at radius 2 is 1.81 bits per heavy atom. The largest absolute Gasteiger partial charge is 0.497 e. The predicted octanol–water partition coefficient (Wildman–Crippen LogP) is 2.46. The summed E-state index contributed by atoms with van der Waals surface area (Å²) < 4.78 is 30.2. The van der Waals surface area contributed by atoms with Gasteiger partial charge in [0.15, 0.2) is 12.0 Å². The molecule has 5 rings (SSSR count). The van der Waals surface area contributed by atoms with Gasteiger partial charge in [0.05, 0.1) is 13.0 Å². The van der Waals surface area contributed by atoms with E-state index in [0.717, 1.165) is 22.1 Å². The number of carbonyl (C=O) groups excluding carboxylic acids is 1. The van der Waals surface area contributed by atoms with Gasteiger partial charge in [0.1, 0.15) is 30.7 Å². The monoisotopic (exact) mass is 496 g/mol. The first-order valence-electron chi connectivity index (χ1n) is 11.7. The lowest BCUT2D eigenvalue weighted by Gasteiger charge is -2.25. The fraction of sp³-hybridized carbons (Fsp3) is 0.423. The van der Waals surface area contributed by atoms with Gasteiger partial charge in [-0.15, -0.1) is 0 Å². The molecule has 5 atom stereocenters. The molecule has 1 N–H and O–H groups in total. The Morgan fingerprint density at radius 3 is 2.56 bits per heavy atom. The Hall–Kier alpha value is -3.47. The molecule has 0 spiro atoms. The third-order valence-corrected chi connectivity index (χ3v) is 6.57. The van der Waals surface area contributed by atoms with Crippen molar-refractivity contribution in [2.24, 2.45) is 0 Å². The standard InChI is InChI=1S/C26H28N2O8/c1-14(15-5-6-17-12-18(32-4)8-7-16(17)11-15)24(30)33-13-19-21-22(36-26(2,3)35-21)23(34-19)28-10-9-20(29)27-25(28)31/h5-12,14,19,21-23H,13H2,1-4H3,(H,27,29,31)/t14-,19+,21+,22+,23+/m0/s1. The quantitative estimate of drug-likeness (QED) is 0.517. The molecule has 10 nitrogen and oxygen atoms in total. The highest BCUT2D eigenvalue weighted by atomic mass is 16.8. The fourth-order valence-corrected chi connectivity index (χ4v) is 4.71. The van der Waals surface area contributed by atoms with E-state index < -0.39 is 53.5 Å². The van der Waals surface area contributed by atoms with Gasteiger partial charge in [-0.05, 0) is 49.2 Å². The summed E-state index contributed by atoms with van der Waals surface area (Å²) in [6, 6.07) is 12.8. The van der Waals surface area contributed by atoms with Crippen molar-refractivity contribution in [1.29, 1.82) is 0 Å². The number of carbonyl (C=O) groups is 1. The lowest BCUT2D eigenvalue weighted by Crippen LogP contribution is -2.37. The van der Waals surface area contributed by atoms with Gasteiger partial charge < -0.3 is 23.7 Å². The van der Waals surface area contributed by atoms with Crippen LogP contribution in [0.5, 0.6) is 5.75 Å². The third kappa shape index (κ3) is 4.55. The van der Waals surface area contributed by atoms with Crippen LogP contribution in [0.15, 0.2) is 58.3 Å². The number of esters is 1. The van der Waals surface area contributed by atoms with E-state index in [4.69, 9.17) is 23.7 Å². The summed E-state index contributed by atoms with van der Waals surface area (Å²) in [5.41, 5.74) is -0.316. The average Bonchev–Trinajstić information content (AvgIpc) is 3.34. The minimum Gasteiger partial charge on any atom is -0.497 e. The van der Waals surface area contributed by atoms with E-state index in [2.05, 4.69) is 4.98 Å². The molecule has 36 heavy (non-hydrogen) atoms. The lowest BCUT2D eigenvalue weighted by atomic mass is 9.98. The number of rotatable bonds is 6. The van der Waals surface area contributed by atoms with Gasteiger partial charge >= 0.3 is 11.7 Å². The molecular weight excluding hydrogens is 468 g/mol. The van der Waals surface area contributed by atoms with E-state index >= 15 is 0 Å². The summed E-state index contributed by atoms with van der Waals surface area (Å²) in [4.78, 5) is 39.0. The van der Waals surface area contributed by atoms with Crippen molar-refractivity contribution in [2.75, 3.05) is 13.7 Å². The summed E-state index contributed by atoms with van der Waals surface area (Å²) >= 11 is 0. The second-order valence-corrected chi connectivity index (χ2v) is 9.47. The third-order valence-electron chi connectivity index (χ3n) is 6.57. The Balaban J connectivity index is 1.30. The molecule has 1 aromatic heterocycles. The van der Waals surface area contributed by atoms with Crippen molar-refractivity contribution >= 4 is 16.7 Å². The average molecular weight is 497 g/mol. The highest BCUT2D eigenvalue weighted by molar-refractivity contribution is 5.86. The van der Waals surface area contributed by atoms with Crippen molar-refractivity contribution in [3.8, 4) is 5.75 Å². The van der Waals surface area contributed by atoms with Gasteiger partial charge in [-0.3, -0.25) is 19.1 Å². The van der Waals surface area contributed by atoms with Crippen LogP contribution in [0.25, 0.3) is 10.8 Å². The summed E-state index contributed by atoms with van der Waals surface area (Å²) in [5, 5.41) is 2.00. The molecular formula is C26H28N2O8. The molecule has 0 radical (unpaired) electrons. The number of aromatic amines is 1. The maximum atomic E-state index is 12.9. The van der Waals surface area contributed by atoms with Crippen LogP contribution >= 0.6 is 0 Å². The van der Waals surface area contributed by atoms with Crippen LogP contribution in [-0.4, -0.2) is 53.3 Å². The summed E-state index contributed by atoms with van der Waals surface area (Å²) in [7, 11) is 1.62. The molecule has 3 aromatic rings. The smallest absolute Gasteiger partial charge is 0.330 e. The summed E-state index contributed by atoms with van der Waals surface area (Å²) in [5.74, 6) is -1.07. The number of ether oxygens (including phenoxy) is 5. The van der Waals surface area contributed by atoms with Crippen molar-refractivity contribution < 1.29 is 28.5 Å². The van der Waals surface area contributed by atoms with Gasteiger partial charge in [0.2, 0.25) is 0 Å². The molecule has 190 valence electrons. The molecule has 2 saturated heterocycles. The van der Waals surface area contributed by atoms with Crippen LogP contribution in [-0.2, 0) is 23.7 Å². The SMILES string of the molecule is COc1ccc2cc([C@H](C)C(=O)OC[C@H]3O[C@@H](n4ccc(=O)[nH]c4=O)[C@@H]4OC(C)(C)O[C@@H]43)ccc2c1. The van der Waals surface area contributed by atoms with Gasteiger partial charge in [0, 0.05) is 12.3 Å². The minimum atomic E-state index is -0.910. The number of nitrogens with zero attached hydrogens (tertiary/aromatic N) is 1. The number of hydrogen-bond donors (Lipinski definition) is 1. The van der Waals surface area contributed by atoms with Crippen LogP contribution in [0.2, 0.25) is 0 Å². The van der Waals surface area contributed by atoms with Gasteiger partial charge in [-0.1, -0.05) is 24.3 Å². The van der Waals surface area contributed by atoms with Gasteiger partial charge in [-0.2, -0.15) is 0 Å². The molecule has 0 aliphatic carbocycles. The van der Waals surface area contributed by atoms with E-state index in [1.54, 1.807) is 27.9 Å². The molecule has 10 heteroatoms. The second kappa shape index (κ2) is 9.20. The fourth-order valence-electron chi connectivity index (χ4n) is 4.71. The Bertz CT molecular complexity index is 1410. The zero-order chi connectivity index (χ0) is 25.6. The van der Waals surface area contributed by atoms with Crippen LogP contribution in [0.1, 0.15) is 38.5 Å². The number of fused-ring (bicyclic) bond motifs is 2. The molecule has 2 aliphatic heterocycles. The van der Waals surface area contributed by atoms with E-state index in [1.807, 2.05) is 36.4 Å². The second-order valence-electron chi connectivity index (χ2n) is 9.47. The van der Waals surface area contributed by atoms with E-state index in [1.165, 1.54) is 16.8 Å². The molecule has 2 fully saturated rings. The lowest BCUT2D eigenvalue weighted by molar-refractivity contribution is -0.203. The van der Waals surface area contributed by atoms with E-state index in [9.17, 15) is 14.4 Å². The first-order chi connectivity index (χ1) is 17.1. The molecule has 0 bridgehead atoms. The summed E-state index contributed by atoms with van der Waals surface area (Å²) in [6.45, 7) is 5.23. The number of H-pyrrole nitrogens is 1. The number of benzene rings is 2. The highest BCUT2D eigenvalue weighted by Crippen LogP contribution is 2.42. The van der Waals surface area contributed by atoms with Crippen molar-refractivity contribution in [1.82, 2.24) is 9.55 Å². The number of nitrogens with one attached hydrogen (secondary N) is 1. The van der Waals surface area contributed by atoms with Crippen molar-refractivity contribution in [3.05, 3.63) is 75.1 Å². The van der Waals surface area contributed by atoms with Crippen LogP contribution < -0.4 is 16.0 Å². The Labute approximate surface area is 206 Å². The summed E-state index contributed by atoms with van der Waals surface area (Å²) in [6.07, 6.45) is -1.35. The molecule has 0 saturated carbocycles. The van der Waals surface area contributed by atoms with Crippen LogP contribution in [0, 0.1) is 0 Å². The molecule has 2 aromatic carbocycles. The molecule has 0 amide bonds. The number of methoxy groups -OCH3 is 1. The Kier molecular flexibility index (Phi) is 6.19. The van der Waals surface area contributed by atoms with E-state index in [-0.39, 0.29) is 6.61 Å².